The topological polar surface area (TPSA) is 96.8 Å². The molecule has 2 aromatic heterocycles. The third-order valence-corrected chi connectivity index (χ3v) is 5.86. The molecule has 144 valence electrons. The van der Waals surface area contributed by atoms with Crippen LogP contribution in [0.5, 0.6) is 0 Å². The van der Waals surface area contributed by atoms with E-state index < -0.39 is 0 Å². The van der Waals surface area contributed by atoms with Gasteiger partial charge in [0.1, 0.15) is 11.0 Å². The molecule has 1 unspecified atom stereocenters. The van der Waals surface area contributed by atoms with Gasteiger partial charge in [-0.1, -0.05) is 0 Å². The Kier molecular flexibility index (Phi) is 4.18. The number of fused-ring (bicyclic) bond motifs is 2. The number of carbonyl (C=O) groups excluding carboxylic acids is 1. The van der Waals surface area contributed by atoms with E-state index in [1.165, 1.54) is 0 Å². The largest absolute Gasteiger partial charge is 0.334 e. The normalized spacial score (nSPS) is 19.1. The minimum atomic E-state index is -0.0658. The summed E-state index contributed by atoms with van der Waals surface area (Å²) in [5.74, 6) is -0.0293. The van der Waals surface area contributed by atoms with Crippen LogP contribution in [-0.2, 0) is 19.4 Å². The maximum atomic E-state index is 13.1. The Balaban J connectivity index is 1.39. The average molecular weight is 378 g/mol. The highest BCUT2D eigenvalue weighted by Crippen LogP contribution is 2.23. The van der Waals surface area contributed by atoms with Gasteiger partial charge in [0.15, 0.2) is 0 Å². The summed E-state index contributed by atoms with van der Waals surface area (Å²) in [5, 5.41) is 15.3. The first-order valence-corrected chi connectivity index (χ1v) is 9.90. The predicted octanol–water partition coefficient (Wildman–Crippen LogP) is 1.70. The van der Waals surface area contributed by atoms with Gasteiger partial charge in [0.2, 0.25) is 0 Å². The van der Waals surface area contributed by atoms with E-state index in [1.54, 1.807) is 28.9 Å². The van der Waals surface area contributed by atoms with Gasteiger partial charge in [0.05, 0.1) is 18.3 Å². The summed E-state index contributed by atoms with van der Waals surface area (Å²) in [7, 11) is 0. The van der Waals surface area contributed by atoms with Crippen LogP contribution in [0.25, 0.3) is 11.0 Å². The first-order chi connectivity index (χ1) is 13.7. The maximum Gasteiger partial charge on any atom is 0.267 e. The zero-order valence-electron chi connectivity index (χ0n) is 15.6. The van der Waals surface area contributed by atoms with Crippen molar-refractivity contribution >= 4 is 16.9 Å². The summed E-state index contributed by atoms with van der Waals surface area (Å²) < 4.78 is 1.56. The van der Waals surface area contributed by atoms with E-state index in [4.69, 9.17) is 0 Å². The number of hydrogen-bond donors (Lipinski definition) is 1. The van der Waals surface area contributed by atoms with Crippen molar-refractivity contribution in [2.45, 2.75) is 51.1 Å². The molecule has 8 heteroatoms. The second-order valence-electron chi connectivity index (χ2n) is 7.67. The van der Waals surface area contributed by atoms with Gasteiger partial charge in [-0.2, -0.15) is 20.5 Å². The van der Waals surface area contributed by atoms with Crippen LogP contribution in [0.2, 0.25) is 0 Å². The molecule has 1 aliphatic carbocycles. The van der Waals surface area contributed by atoms with Crippen LogP contribution in [0, 0.1) is 0 Å². The molecule has 3 aromatic rings. The molecule has 1 amide bonds. The summed E-state index contributed by atoms with van der Waals surface area (Å²) in [6.45, 7) is 1.14. The minimum absolute atomic E-state index is 0.0210. The first kappa shape index (κ1) is 17.1. The Morgan fingerprint density at radius 1 is 1.11 bits per heavy atom. The van der Waals surface area contributed by atoms with E-state index in [9.17, 15) is 9.59 Å². The number of hydrogen-bond acceptors (Lipinski definition) is 5. The summed E-state index contributed by atoms with van der Waals surface area (Å²) in [4.78, 5) is 27.5. The Hall–Kier alpha value is -3.03. The molecule has 1 aromatic carbocycles. The lowest BCUT2D eigenvalue weighted by molar-refractivity contribution is 0.0720. The minimum Gasteiger partial charge on any atom is -0.334 e. The monoisotopic (exact) mass is 378 g/mol. The van der Waals surface area contributed by atoms with Gasteiger partial charge in [-0.15, -0.1) is 0 Å². The van der Waals surface area contributed by atoms with Gasteiger partial charge in [-0.3, -0.25) is 9.59 Å². The number of aromatic nitrogens is 5. The highest BCUT2D eigenvalue weighted by Gasteiger charge is 2.30. The molecular weight excluding hydrogens is 356 g/mol. The number of amides is 1. The highest BCUT2D eigenvalue weighted by molar-refractivity contribution is 5.97. The van der Waals surface area contributed by atoms with Crippen LogP contribution < -0.4 is 5.56 Å². The number of likely N-dealkylation sites (tertiary alicyclic amines) is 1. The van der Waals surface area contributed by atoms with Gasteiger partial charge < -0.3 is 4.90 Å². The molecule has 8 nitrogen and oxygen atoms in total. The van der Waals surface area contributed by atoms with Gasteiger partial charge in [-0.25, -0.2) is 4.68 Å². The summed E-state index contributed by atoms with van der Waals surface area (Å²) in [6, 6.07) is 7.06. The second kappa shape index (κ2) is 6.85. The van der Waals surface area contributed by atoms with Gasteiger partial charge in [0, 0.05) is 18.2 Å². The molecule has 0 bridgehead atoms. The molecule has 0 spiro atoms. The zero-order chi connectivity index (χ0) is 19.1. The highest BCUT2D eigenvalue weighted by atomic mass is 16.2. The van der Waals surface area contributed by atoms with E-state index in [-0.39, 0.29) is 17.5 Å². The van der Waals surface area contributed by atoms with Crippen molar-refractivity contribution < 1.29 is 4.79 Å². The summed E-state index contributed by atoms with van der Waals surface area (Å²) in [5.41, 5.74) is 4.07. The van der Waals surface area contributed by atoms with Crippen molar-refractivity contribution in [3.05, 3.63) is 51.4 Å². The lowest BCUT2D eigenvalue weighted by atomic mass is 9.97. The van der Waals surface area contributed by atoms with E-state index in [2.05, 4.69) is 20.5 Å². The number of benzene rings is 1. The van der Waals surface area contributed by atoms with Gasteiger partial charge in [-0.05, 0) is 62.3 Å². The Bertz CT molecular complexity index is 1100. The van der Waals surface area contributed by atoms with E-state index >= 15 is 0 Å². The van der Waals surface area contributed by atoms with Crippen LogP contribution in [0.15, 0.2) is 29.1 Å². The Morgan fingerprint density at radius 2 is 1.96 bits per heavy atom. The fourth-order valence-electron chi connectivity index (χ4n) is 4.36. The van der Waals surface area contributed by atoms with E-state index in [0.29, 0.717) is 24.2 Å². The van der Waals surface area contributed by atoms with Crippen LogP contribution in [0.3, 0.4) is 0 Å². The number of nitrogens with zero attached hydrogens (tertiary/aromatic N) is 5. The summed E-state index contributed by atoms with van der Waals surface area (Å²) in [6.07, 6.45) is 5.93. The molecule has 3 heterocycles. The quantitative estimate of drug-likeness (QED) is 0.748. The average Bonchev–Trinajstić information content (AvgIpc) is 3.36. The predicted molar refractivity (Wildman–Crippen MR) is 103 cm³/mol. The van der Waals surface area contributed by atoms with E-state index in [1.807, 2.05) is 4.90 Å². The maximum absolute atomic E-state index is 13.1. The number of aryl methyl sites for hydroxylation is 2. The molecule has 1 aliphatic heterocycles. The van der Waals surface area contributed by atoms with Crippen LogP contribution in [-0.4, -0.2) is 48.6 Å². The summed E-state index contributed by atoms with van der Waals surface area (Å²) >= 11 is 0. The molecular formula is C20H22N6O2. The third kappa shape index (κ3) is 2.98. The molecule has 1 saturated heterocycles. The first-order valence-electron chi connectivity index (χ1n) is 9.90. The molecule has 2 aliphatic rings. The molecule has 0 radical (unpaired) electrons. The second-order valence-corrected chi connectivity index (χ2v) is 7.67. The zero-order valence-corrected chi connectivity index (χ0v) is 15.6. The number of rotatable bonds is 3. The SMILES string of the molecule is O=C(c1ccc2n[nH]nc2c1)N1CCCC1Cn1nc2c(cc1=O)CCCC2. The molecule has 1 N–H and O–H groups in total. The van der Waals surface area contributed by atoms with Crippen molar-refractivity contribution in [3.8, 4) is 0 Å². The smallest absolute Gasteiger partial charge is 0.267 e. The number of carbonyl (C=O) groups is 1. The molecule has 1 fully saturated rings. The molecule has 1 atom stereocenters. The standard InChI is InChI=1S/C20H22N6O2/c27-19-11-13-4-1-2-6-16(13)23-26(19)12-15-5-3-9-25(15)20(28)14-7-8-17-18(10-14)22-24-21-17/h7-8,10-11,15H,1-6,9,12H2,(H,21,22,24). The van der Waals surface area contributed by atoms with Gasteiger partial charge in [0.25, 0.3) is 11.5 Å². The third-order valence-electron chi connectivity index (χ3n) is 5.86. The Morgan fingerprint density at radius 3 is 2.89 bits per heavy atom. The van der Waals surface area contributed by atoms with E-state index in [0.717, 1.165) is 55.3 Å². The number of H-pyrrole nitrogens is 1. The van der Waals surface area contributed by atoms with Gasteiger partial charge >= 0.3 is 0 Å². The van der Waals surface area contributed by atoms with Crippen LogP contribution >= 0.6 is 0 Å². The number of nitrogens with one attached hydrogen (secondary N) is 1. The van der Waals surface area contributed by atoms with Crippen molar-refractivity contribution in [2.24, 2.45) is 0 Å². The molecule has 28 heavy (non-hydrogen) atoms. The van der Waals surface area contributed by atoms with Crippen molar-refractivity contribution in [1.29, 1.82) is 0 Å². The van der Waals surface area contributed by atoms with Crippen molar-refractivity contribution in [3.63, 3.8) is 0 Å². The van der Waals surface area contributed by atoms with Crippen molar-refractivity contribution in [2.75, 3.05) is 6.54 Å². The number of aromatic amines is 1. The fourth-order valence-corrected chi connectivity index (χ4v) is 4.36. The lowest BCUT2D eigenvalue weighted by Gasteiger charge is -2.25. The van der Waals surface area contributed by atoms with Crippen LogP contribution in [0.1, 0.15) is 47.3 Å². The lowest BCUT2D eigenvalue weighted by Crippen LogP contribution is -2.41. The molecule has 0 saturated carbocycles. The molecule has 5 rings (SSSR count). The van der Waals surface area contributed by atoms with Crippen LogP contribution in [0.4, 0.5) is 0 Å². The Labute approximate surface area is 161 Å². The fraction of sp³-hybridized carbons (Fsp3) is 0.450. The van der Waals surface area contributed by atoms with Crippen molar-refractivity contribution in [1.82, 2.24) is 30.1 Å².